The van der Waals surface area contributed by atoms with Crippen LogP contribution in [0.2, 0.25) is 0 Å². The Labute approximate surface area is 352 Å². The molecule has 0 unspecified atom stereocenters. The van der Waals surface area contributed by atoms with Crippen LogP contribution in [0.25, 0.3) is 0 Å². The average molecular weight is 775 g/mol. The van der Waals surface area contributed by atoms with Gasteiger partial charge in [0.2, 0.25) is 0 Å². The van der Waals surface area contributed by atoms with Gasteiger partial charge in [0.1, 0.15) is 0 Å². The minimum atomic E-state index is 1.37. The second-order valence-corrected chi connectivity index (χ2v) is 19.3. The molecular weight excluding hydrogens is 663 g/mol. The molecule has 332 valence electrons. The first-order chi connectivity index (χ1) is 27.2. The minimum absolute atomic E-state index is 1.37. The fourth-order valence-corrected chi connectivity index (χ4v) is 9.28. The highest BCUT2D eigenvalue weighted by Gasteiger charge is 2.20. The van der Waals surface area contributed by atoms with Gasteiger partial charge in [-0.1, -0.05) is 284 Å². The normalized spacial score (nSPS) is 12.0. The minimum Gasteiger partial charge on any atom is -0.326 e. The maximum Gasteiger partial charge on any atom is 0.0784 e. The van der Waals surface area contributed by atoms with Crippen LogP contribution in [0.4, 0.5) is 0 Å². The Balaban J connectivity index is 4.07. The van der Waals surface area contributed by atoms with Crippen molar-refractivity contribution in [2.75, 3.05) is 26.7 Å². The van der Waals surface area contributed by atoms with Gasteiger partial charge >= 0.3 is 0 Å². The van der Waals surface area contributed by atoms with Gasteiger partial charge in [-0.15, -0.1) is 0 Å². The standard InChI is InChI=1S/C54H112N/c1-5-8-11-14-17-20-23-26-29-32-35-38-41-44-47-50-53-55(4,52-49-46-43-40-37-34-31-28-25-22-19-16-13-10-7-3)54-51-48-45-42-39-36-33-30-27-24-21-18-15-12-9-6-2/h5-54H2,1-4H3/q+1. The molecule has 0 aliphatic carbocycles. The lowest BCUT2D eigenvalue weighted by atomic mass is 10.0. The van der Waals surface area contributed by atoms with E-state index in [0.717, 1.165) is 0 Å². The fraction of sp³-hybridized carbons (Fsp3) is 1.00. The summed E-state index contributed by atoms with van der Waals surface area (Å²) in [7, 11) is 2.64. The zero-order valence-corrected chi connectivity index (χ0v) is 39.8. The monoisotopic (exact) mass is 775 g/mol. The smallest absolute Gasteiger partial charge is 0.0784 e. The topological polar surface area (TPSA) is 0 Å². The van der Waals surface area contributed by atoms with Gasteiger partial charge in [-0.05, 0) is 38.5 Å². The van der Waals surface area contributed by atoms with Gasteiger partial charge in [0.15, 0.2) is 0 Å². The van der Waals surface area contributed by atoms with Gasteiger partial charge in [0.05, 0.1) is 26.7 Å². The van der Waals surface area contributed by atoms with E-state index in [4.69, 9.17) is 0 Å². The molecular formula is C54H112N+. The summed E-state index contributed by atoms with van der Waals surface area (Å²) in [5.74, 6) is 0. The third-order valence-electron chi connectivity index (χ3n) is 13.4. The van der Waals surface area contributed by atoms with Crippen LogP contribution in [0.15, 0.2) is 0 Å². The van der Waals surface area contributed by atoms with Crippen molar-refractivity contribution >= 4 is 0 Å². The highest BCUT2D eigenvalue weighted by atomic mass is 15.3. The van der Waals surface area contributed by atoms with Crippen LogP contribution in [-0.4, -0.2) is 31.2 Å². The summed E-state index contributed by atoms with van der Waals surface area (Å²) in [5, 5.41) is 0. The van der Waals surface area contributed by atoms with Crippen molar-refractivity contribution in [1.82, 2.24) is 0 Å². The van der Waals surface area contributed by atoms with Crippen LogP contribution in [0.3, 0.4) is 0 Å². The SMILES string of the molecule is CCCCCCCCCCCCCCCCCC[N+](C)(CCCCCCCCCCCCCCCCC)CCCCCCCCCCCCCCCCCC. The first-order valence-corrected chi connectivity index (χ1v) is 27.0. The van der Waals surface area contributed by atoms with Crippen molar-refractivity contribution in [3.05, 3.63) is 0 Å². The van der Waals surface area contributed by atoms with E-state index in [-0.39, 0.29) is 0 Å². The summed E-state index contributed by atoms with van der Waals surface area (Å²) in [5.41, 5.74) is 0. The number of quaternary nitrogens is 1. The van der Waals surface area contributed by atoms with Crippen molar-refractivity contribution in [2.45, 2.75) is 323 Å². The fourth-order valence-electron chi connectivity index (χ4n) is 9.28. The van der Waals surface area contributed by atoms with Crippen molar-refractivity contribution in [1.29, 1.82) is 0 Å². The number of hydrogen-bond acceptors (Lipinski definition) is 0. The van der Waals surface area contributed by atoms with Crippen LogP contribution in [0.1, 0.15) is 323 Å². The molecule has 0 amide bonds. The highest BCUT2D eigenvalue weighted by molar-refractivity contribution is 4.55. The molecule has 0 spiro atoms. The average Bonchev–Trinajstić information content (AvgIpc) is 3.19. The Bertz CT molecular complexity index is 620. The second kappa shape index (κ2) is 48.3. The summed E-state index contributed by atoms with van der Waals surface area (Å²) in [6.07, 6.45) is 69.2. The quantitative estimate of drug-likeness (QED) is 0.0426. The molecule has 0 aliphatic rings. The molecule has 1 nitrogen and oxygen atoms in total. The second-order valence-electron chi connectivity index (χ2n) is 19.3. The molecule has 0 aliphatic heterocycles. The van der Waals surface area contributed by atoms with E-state index in [1.807, 2.05) is 0 Å². The van der Waals surface area contributed by atoms with E-state index in [9.17, 15) is 0 Å². The Morgan fingerprint density at radius 1 is 0.164 bits per heavy atom. The summed E-state index contributed by atoms with van der Waals surface area (Å²) in [6, 6.07) is 0. The number of hydrogen-bond donors (Lipinski definition) is 0. The predicted octanol–water partition coefficient (Wildman–Crippen LogP) is 19.8. The summed E-state index contributed by atoms with van der Waals surface area (Å²) in [6.45, 7) is 11.3. The Morgan fingerprint density at radius 3 is 0.400 bits per heavy atom. The molecule has 0 saturated carbocycles. The van der Waals surface area contributed by atoms with E-state index in [2.05, 4.69) is 27.8 Å². The van der Waals surface area contributed by atoms with E-state index in [0.29, 0.717) is 0 Å². The van der Waals surface area contributed by atoms with Gasteiger partial charge < -0.3 is 4.48 Å². The van der Waals surface area contributed by atoms with E-state index >= 15 is 0 Å². The van der Waals surface area contributed by atoms with Gasteiger partial charge in [-0.2, -0.15) is 0 Å². The first-order valence-electron chi connectivity index (χ1n) is 27.0. The Hall–Kier alpha value is -0.0400. The van der Waals surface area contributed by atoms with Gasteiger partial charge in [-0.3, -0.25) is 0 Å². The molecule has 0 aromatic carbocycles. The molecule has 0 saturated heterocycles. The maximum atomic E-state index is 2.64. The van der Waals surface area contributed by atoms with Crippen molar-refractivity contribution < 1.29 is 4.48 Å². The predicted molar refractivity (Wildman–Crippen MR) is 255 cm³/mol. The van der Waals surface area contributed by atoms with Crippen molar-refractivity contribution in [3.8, 4) is 0 Å². The van der Waals surface area contributed by atoms with Crippen LogP contribution in [0, 0.1) is 0 Å². The lowest BCUT2D eigenvalue weighted by Crippen LogP contribution is -2.46. The molecule has 0 aromatic rings. The molecule has 0 radical (unpaired) electrons. The van der Waals surface area contributed by atoms with E-state index in [1.165, 1.54) is 326 Å². The molecule has 1 heteroatoms. The Kier molecular flexibility index (Phi) is 48.3. The van der Waals surface area contributed by atoms with Gasteiger partial charge in [0.25, 0.3) is 0 Å². The third-order valence-corrected chi connectivity index (χ3v) is 13.4. The lowest BCUT2D eigenvalue weighted by Gasteiger charge is -2.35. The maximum absolute atomic E-state index is 2.64. The molecule has 0 rings (SSSR count). The molecule has 0 heterocycles. The molecule has 0 N–H and O–H groups in total. The summed E-state index contributed by atoms with van der Waals surface area (Å²) < 4.78 is 1.37. The zero-order chi connectivity index (χ0) is 39.9. The third kappa shape index (κ3) is 46.5. The first kappa shape index (κ1) is 55.0. The molecule has 0 bridgehead atoms. The lowest BCUT2D eigenvalue weighted by molar-refractivity contribution is -0.910. The van der Waals surface area contributed by atoms with E-state index in [1.54, 1.807) is 0 Å². The van der Waals surface area contributed by atoms with Gasteiger partial charge in [-0.25, -0.2) is 0 Å². The zero-order valence-electron chi connectivity index (χ0n) is 39.8. The van der Waals surface area contributed by atoms with Gasteiger partial charge in [0, 0.05) is 0 Å². The summed E-state index contributed by atoms with van der Waals surface area (Å²) >= 11 is 0. The summed E-state index contributed by atoms with van der Waals surface area (Å²) in [4.78, 5) is 0. The highest BCUT2D eigenvalue weighted by Crippen LogP contribution is 2.19. The number of rotatable bonds is 50. The molecule has 0 fully saturated rings. The van der Waals surface area contributed by atoms with Crippen molar-refractivity contribution in [2.24, 2.45) is 0 Å². The van der Waals surface area contributed by atoms with Crippen molar-refractivity contribution in [3.63, 3.8) is 0 Å². The van der Waals surface area contributed by atoms with Crippen LogP contribution in [-0.2, 0) is 0 Å². The van der Waals surface area contributed by atoms with Crippen LogP contribution >= 0.6 is 0 Å². The number of nitrogens with zero attached hydrogens (tertiary/aromatic N) is 1. The molecule has 55 heavy (non-hydrogen) atoms. The Morgan fingerprint density at radius 2 is 0.273 bits per heavy atom. The molecule has 0 aromatic heterocycles. The van der Waals surface area contributed by atoms with Crippen LogP contribution < -0.4 is 0 Å². The van der Waals surface area contributed by atoms with Crippen LogP contribution in [0.5, 0.6) is 0 Å². The molecule has 0 atom stereocenters. The largest absolute Gasteiger partial charge is 0.326 e. The van der Waals surface area contributed by atoms with E-state index < -0.39 is 0 Å². The number of unbranched alkanes of at least 4 members (excludes halogenated alkanes) is 44.